The van der Waals surface area contributed by atoms with Gasteiger partial charge in [0.2, 0.25) is 10.0 Å². The number of rotatable bonds is 6. The van der Waals surface area contributed by atoms with Gasteiger partial charge in [-0.05, 0) is 33.6 Å². The molecule has 2 N–H and O–H groups in total. The van der Waals surface area contributed by atoms with Gasteiger partial charge in [-0.15, -0.1) is 0 Å². The molecule has 118 valence electrons. The van der Waals surface area contributed by atoms with Crippen LogP contribution in [0.25, 0.3) is 0 Å². The van der Waals surface area contributed by atoms with E-state index >= 15 is 0 Å². The number of methoxy groups -OCH3 is 1. The van der Waals surface area contributed by atoms with Crippen molar-refractivity contribution in [3.8, 4) is 0 Å². The van der Waals surface area contributed by atoms with Crippen LogP contribution < -0.4 is 4.72 Å². The fourth-order valence-electron chi connectivity index (χ4n) is 2.13. The summed E-state index contributed by atoms with van der Waals surface area (Å²) in [4.78, 5) is 0.130. The molecule has 6 nitrogen and oxygen atoms in total. The van der Waals surface area contributed by atoms with E-state index in [9.17, 15) is 8.42 Å². The van der Waals surface area contributed by atoms with Crippen molar-refractivity contribution in [1.29, 1.82) is 0 Å². The van der Waals surface area contributed by atoms with Crippen LogP contribution in [0.3, 0.4) is 0 Å². The summed E-state index contributed by atoms with van der Waals surface area (Å²) < 4.78 is 38.4. The van der Waals surface area contributed by atoms with E-state index in [1.807, 2.05) is 0 Å². The van der Waals surface area contributed by atoms with Gasteiger partial charge in [-0.25, -0.2) is 13.1 Å². The smallest absolute Gasteiger partial charge is 0.241 e. The third kappa shape index (κ3) is 3.82. The van der Waals surface area contributed by atoms with Crippen molar-refractivity contribution in [2.45, 2.75) is 23.5 Å². The van der Waals surface area contributed by atoms with E-state index < -0.39 is 15.6 Å². The molecular formula is C13H18BrNO5S. The van der Waals surface area contributed by atoms with Crippen LogP contribution in [0.1, 0.15) is 12.0 Å². The van der Waals surface area contributed by atoms with Gasteiger partial charge < -0.3 is 14.6 Å². The Morgan fingerprint density at radius 1 is 1.52 bits per heavy atom. The lowest BCUT2D eigenvalue weighted by atomic mass is 10.0. The number of hydrogen-bond acceptors (Lipinski definition) is 5. The molecule has 1 aliphatic rings. The molecule has 1 heterocycles. The first-order chi connectivity index (χ1) is 9.92. The first-order valence-electron chi connectivity index (χ1n) is 6.44. The molecule has 0 bridgehead atoms. The van der Waals surface area contributed by atoms with Crippen LogP contribution in [0, 0.1) is 0 Å². The number of aliphatic hydroxyl groups is 1. The minimum absolute atomic E-state index is 0.130. The van der Waals surface area contributed by atoms with Crippen molar-refractivity contribution in [1.82, 2.24) is 4.72 Å². The molecule has 0 aromatic heterocycles. The Kier molecular flexibility index (Phi) is 5.39. The van der Waals surface area contributed by atoms with E-state index in [-0.39, 0.29) is 18.0 Å². The molecule has 0 aliphatic carbocycles. The number of halogens is 1. The quantitative estimate of drug-likeness (QED) is 0.770. The van der Waals surface area contributed by atoms with Gasteiger partial charge in [-0.3, -0.25) is 0 Å². The van der Waals surface area contributed by atoms with Crippen molar-refractivity contribution in [2.24, 2.45) is 0 Å². The van der Waals surface area contributed by atoms with Gasteiger partial charge in [0.15, 0.2) is 0 Å². The van der Waals surface area contributed by atoms with Crippen LogP contribution in [0.15, 0.2) is 27.6 Å². The fraction of sp³-hybridized carbons (Fsp3) is 0.538. The highest BCUT2D eigenvalue weighted by atomic mass is 79.9. The molecule has 0 amide bonds. The van der Waals surface area contributed by atoms with Gasteiger partial charge in [-0.2, -0.15) is 0 Å². The van der Waals surface area contributed by atoms with Crippen molar-refractivity contribution in [3.63, 3.8) is 0 Å². The molecule has 0 radical (unpaired) electrons. The SMILES string of the molecule is COC1(CNS(=O)(=O)c2ccc(CO)cc2Br)CCOC1. The maximum Gasteiger partial charge on any atom is 0.241 e. The predicted molar refractivity (Wildman–Crippen MR) is 80.4 cm³/mol. The average molecular weight is 380 g/mol. The third-order valence-electron chi connectivity index (χ3n) is 3.55. The summed E-state index contributed by atoms with van der Waals surface area (Å²) in [5.41, 5.74) is 0.0308. The predicted octanol–water partition coefficient (Wildman–Crippen LogP) is 1.03. The third-order valence-corrected chi connectivity index (χ3v) is 5.93. The van der Waals surface area contributed by atoms with Crippen molar-refractivity contribution < 1.29 is 23.0 Å². The zero-order valence-electron chi connectivity index (χ0n) is 11.6. The summed E-state index contributed by atoms with van der Waals surface area (Å²) in [6.45, 7) is 0.942. The van der Waals surface area contributed by atoms with Crippen LogP contribution in [0.2, 0.25) is 0 Å². The number of ether oxygens (including phenoxy) is 2. The Bertz CT molecular complexity index is 599. The highest BCUT2D eigenvalue weighted by molar-refractivity contribution is 9.10. The molecule has 0 saturated carbocycles. The second-order valence-corrected chi connectivity index (χ2v) is 7.53. The van der Waals surface area contributed by atoms with Gasteiger partial charge >= 0.3 is 0 Å². The molecule has 1 saturated heterocycles. The lowest BCUT2D eigenvalue weighted by molar-refractivity contribution is -0.0120. The Morgan fingerprint density at radius 3 is 2.81 bits per heavy atom. The molecule has 1 fully saturated rings. The number of benzene rings is 1. The van der Waals surface area contributed by atoms with E-state index in [2.05, 4.69) is 20.7 Å². The van der Waals surface area contributed by atoms with Gasteiger partial charge in [-0.1, -0.05) is 6.07 Å². The zero-order valence-corrected chi connectivity index (χ0v) is 14.0. The lowest BCUT2D eigenvalue weighted by Crippen LogP contribution is -2.45. The van der Waals surface area contributed by atoms with E-state index in [0.717, 1.165) is 0 Å². The molecular weight excluding hydrogens is 362 g/mol. The molecule has 0 spiro atoms. The molecule has 1 aromatic rings. The number of nitrogens with one attached hydrogen (secondary N) is 1. The summed E-state index contributed by atoms with van der Waals surface area (Å²) in [7, 11) is -2.12. The highest BCUT2D eigenvalue weighted by Gasteiger charge is 2.36. The largest absolute Gasteiger partial charge is 0.392 e. The number of aliphatic hydroxyl groups excluding tert-OH is 1. The molecule has 1 aromatic carbocycles. The van der Waals surface area contributed by atoms with Gasteiger partial charge in [0.1, 0.15) is 5.60 Å². The Labute approximate surface area is 132 Å². The minimum atomic E-state index is -3.67. The lowest BCUT2D eigenvalue weighted by Gasteiger charge is -2.25. The maximum atomic E-state index is 12.4. The summed E-state index contributed by atoms with van der Waals surface area (Å²) in [6.07, 6.45) is 0.649. The van der Waals surface area contributed by atoms with Crippen molar-refractivity contribution in [3.05, 3.63) is 28.2 Å². The van der Waals surface area contributed by atoms with E-state index in [1.165, 1.54) is 6.07 Å². The fourth-order valence-corrected chi connectivity index (χ4v) is 4.36. The second kappa shape index (κ2) is 6.72. The average Bonchev–Trinajstić information content (AvgIpc) is 2.94. The maximum absolute atomic E-state index is 12.4. The molecule has 1 aliphatic heterocycles. The Hall–Kier alpha value is -0.510. The molecule has 1 unspecified atom stereocenters. The summed E-state index contributed by atoms with van der Waals surface area (Å²) in [5.74, 6) is 0. The molecule has 8 heteroatoms. The molecule has 2 rings (SSSR count). The Morgan fingerprint density at radius 2 is 2.29 bits per heavy atom. The van der Waals surface area contributed by atoms with Crippen molar-refractivity contribution >= 4 is 26.0 Å². The van der Waals surface area contributed by atoms with Crippen LogP contribution in [0.5, 0.6) is 0 Å². The summed E-state index contributed by atoms with van der Waals surface area (Å²) in [6, 6.07) is 4.62. The summed E-state index contributed by atoms with van der Waals surface area (Å²) >= 11 is 3.22. The van der Waals surface area contributed by atoms with Gasteiger partial charge in [0.05, 0.1) is 18.1 Å². The molecule has 1 atom stereocenters. The van der Waals surface area contributed by atoms with Gasteiger partial charge in [0.25, 0.3) is 0 Å². The summed E-state index contributed by atoms with van der Waals surface area (Å²) in [5, 5.41) is 9.05. The second-order valence-electron chi connectivity index (χ2n) is 4.94. The van der Waals surface area contributed by atoms with E-state index in [4.69, 9.17) is 14.6 Å². The van der Waals surface area contributed by atoms with E-state index in [0.29, 0.717) is 29.7 Å². The minimum Gasteiger partial charge on any atom is -0.392 e. The van der Waals surface area contributed by atoms with Crippen LogP contribution >= 0.6 is 15.9 Å². The van der Waals surface area contributed by atoms with Crippen LogP contribution in [0.4, 0.5) is 0 Å². The highest BCUT2D eigenvalue weighted by Crippen LogP contribution is 2.25. The Balaban J connectivity index is 2.15. The zero-order chi connectivity index (χ0) is 15.5. The first-order valence-corrected chi connectivity index (χ1v) is 8.72. The standard InChI is InChI=1S/C13H18BrNO5S/c1-19-13(4-5-20-9-13)8-15-21(17,18)12-3-2-10(7-16)6-11(12)14/h2-3,6,15-16H,4-5,7-9H2,1H3. The normalized spacial score (nSPS) is 22.6. The number of hydrogen-bond donors (Lipinski definition) is 2. The number of sulfonamides is 1. The van der Waals surface area contributed by atoms with Gasteiger partial charge in [0, 0.05) is 31.2 Å². The monoisotopic (exact) mass is 379 g/mol. The van der Waals surface area contributed by atoms with Crippen molar-refractivity contribution in [2.75, 3.05) is 26.9 Å². The molecule has 21 heavy (non-hydrogen) atoms. The first kappa shape index (κ1) is 16.9. The van der Waals surface area contributed by atoms with Crippen LogP contribution in [-0.4, -0.2) is 46.0 Å². The van der Waals surface area contributed by atoms with E-state index in [1.54, 1.807) is 19.2 Å². The topological polar surface area (TPSA) is 84.9 Å². The van der Waals surface area contributed by atoms with Crippen LogP contribution in [-0.2, 0) is 26.1 Å².